The number of fused-ring (bicyclic) bond motifs is 1. The van der Waals surface area contributed by atoms with Crippen molar-refractivity contribution in [1.82, 2.24) is 19.9 Å². The number of carbonyl (C=O) groups is 1. The van der Waals surface area contributed by atoms with Gasteiger partial charge in [0.15, 0.2) is 0 Å². The summed E-state index contributed by atoms with van der Waals surface area (Å²) in [5, 5.41) is 9.01. The molecule has 0 bridgehead atoms. The second kappa shape index (κ2) is 13.8. The number of pyridine rings is 1. The molecule has 1 fully saturated rings. The van der Waals surface area contributed by atoms with Crippen LogP contribution in [-0.4, -0.2) is 51.9 Å². The summed E-state index contributed by atoms with van der Waals surface area (Å²) in [6.07, 6.45) is -9.53. The molecule has 0 atom stereocenters. The van der Waals surface area contributed by atoms with E-state index >= 15 is 0 Å². The number of nitrogens with one attached hydrogen (secondary N) is 3. The van der Waals surface area contributed by atoms with Crippen LogP contribution in [0.3, 0.4) is 0 Å². The first-order valence-corrected chi connectivity index (χ1v) is 15.9. The summed E-state index contributed by atoms with van der Waals surface area (Å²) in [6, 6.07) is 9.37. The predicted molar refractivity (Wildman–Crippen MR) is 176 cm³/mol. The maximum Gasteiger partial charge on any atom is 0.433 e. The highest BCUT2D eigenvalue weighted by Gasteiger charge is 2.41. The highest BCUT2D eigenvalue weighted by atomic mass is 35.5. The number of imidazole rings is 1. The largest absolute Gasteiger partial charge is 0.433 e. The highest BCUT2D eigenvalue weighted by molar-refractivity contribution is 6.39. The molecule has 0 spiro atoms. The quantitative estimate of drug-likeness (QED) is 0.149. The number of carbonyl (C=O) groups excluding carboxylic acids is 1. The van der Waals surface area contributed by atoms with Gasteiger partial charge < -0.3 is 25.4 Å². The summed E-state index contributed by atoms with van der Waals surface area (Å²) in [4.78, 5) is 23.3. The van der Waals surface area contributed by atoms with Crippen LogP contribution in [0.2, 0.25) is 10.0 Å². The van der Waals surface area contributed by atoms with E-state index in [1.54, 1.807) is 34.7 Å². The summed E-state index contributed by atoms with van der Waals surface area (Å²) in [5.74, 6) is -2.45. The minimum absolute atomic E-state index is 0.0215. The van der Waals surface area contributed by atoms with Gasteiger partial charge in [-0.2, -0.15) is 26.3 Å². The average Bonchev–Trinajstić information content (AvgIpc) is 3.32. The van der Waals surface area contributed by atoms with Crippen LogP contribution in [0, 0.1) is 5.92 Å². The number of amides is 1. The van der Waals surface area contributed by atoms with Gasteiger partial charge in [-0.3, -0.25) is 4.79 Å². The van der Waals surface area contributed by atoms with Crippen molar-refractivity contribution in [2.24, 2.45) is 13.0 Å². The number of benzene rings is 2. The van der Waals surface area contributed by atoms with Gasteiger partial charge in [-0.05, 0) is 62.6 Å². The molecule has 3 heterocycles. The molecule has 0 saturated carbocycles. The SMILES string of the molecule is Cn1c(Nc2c(Cl)ccc(CNCC(C)(C)F)c2Cl)nc2cc(C(=O)Nc3cccc(C(F)(F)F)n3)c(N3CCC(C(F)(F)F)CC3)cc21. The zero-order valence-corrected chi connectivity index (χ0v) is 28.0. The second-order valence-electron chi connectivity index (χ2n) is 12.4. The summed E-state index contributed by atoms with van der Waals surface area (Å²) in [6.45, 7) is 3.16. The van der Waals surface area contributed by atoms with Gasteiger partial charge in [0, 0.05) is 33.2 Å². The number of halogens is 9. The van der Waals surface area contributed by atoms with Crippen LogP contribution >= 0.6 is 23.2 Å². The average molecular weight is 735 g/mol. The maximum atomic E-state index is 14.0. The van der Waals surface area contributed by atoms with Crippen LogP contribution in [0.25, 0.3) is 11.0 Å². The standard InChI is InChI=1S/C32H32Cl2F7N7O/c1-30(2,35)16-42-15-17-7-8-20(33)27(26(17)34)46-29-43-21-13-19(28(49)45-25-6-4-5-24(44-25)32(39,40)41)22(14-23(21)47(29)3)48-11-9-18(10-12-48)31(36,37)38/h4-8,13-14,18,42H,9-12,15-16H2,1-3H3,(H,43,46)(H,44,45,49). The monoisotopic (exact) mass is 733 g/mol. The molecule has 0 radical (unpaired) electrons. The molecule has 17 heteroatoms. The number of alkyl halides is 7. The Morgan fingerprint density at radius 2 is 1.67 bits per heavy atom. The van der Waals surface area contributed by atoms with E-state index in [0.29, 0.717) is 16.8 Å². The Kier molecular flexibility index (Phi) is 10.3. The van der Waals surface area contributed by atoms with E-state index in [1.165, 1.54) is 26.0 Å². The molecule has 1 amide bonds. The highest BCUT2D eigenvalue weighted by Crippen LogP contribution is 2.39. The molecule has 2 aromatic heterocycles. The molecule has 0 unspecified atom stereocenters. The summed E-state index contributed by atoms with van der Waals surface area (Å²) in [5.41, 5.74) is -0.699. The zero-order valence-electron chi connectivity index (χ0n) is 26.5. The number of piperidine rings is 1. The predicted octanol–water partition coefficient (Wildman–Crippen LogP) is 8.91. The van der Waals surface area contributed by atoms with Crippen LogP contribution in [0.15, 0.2) is 42.5 Å². The topological polar surface area (TPSA) is 87.1 Å². The number of nitrogens with zero attached hydrogens (tertiary/aromatic N) is 4. The van der Waals surface area contributed by atoms with Crippen molar-refractivity contribution >= 4 is 63.3 Å². The molecule has 8 nitrogen and oxygen atoms in total. The molecule has 2 aromatic carbocycles. The minimum atomic E-state index is -4.75. The number of aromatic nitrogens is 3. The first-order chi connectivity index (χ1) is 22.8. The molecular weight excluding hydrogens is 702 g/mol. The van der Waals surface area contributed by atoms with Crippen molar-refractivity contribution in [2.75, 3.05) is 35.2 Å². The van der Waals surface area contributed by atoms with Crippen LogP contribution in [0.5, 0.6) is 0 Å². The fourth-order valence-corrected chi connectivity index (χ4v) is 6.06. The Morgan fingerprint density at radius 3 is 2.31 bits per heavy atom. The molecule has 264 valence electrons. The molecule has 3 N–H and O–H groups in total. The molecule has 1 aliphatic heterocycles. The number of hydrogen-bond donors (Lipinski definition) is 3. The summed E-state index contributed by atoms with van der Waals surface area (Å²) in [7, 11) is 1.67. The normalized spacial score (nSPS) is 14.8. The van der Waals surface area contributed by atoms with Crippen molar-refractivity contribution in [1.29, 1.82) is 0 Å². The third kappa shape index (κ3) is 8.50. The summed E-state index contributed by atoms with van der Waals surface area (Å²) < 4.78 is 95.8. The third-order valence-corrected chi connectivity index (χ3v) is 8.84. The van der Waals surface area contributed by atoms with Crippen molar-refractivity contribution in [3.8, 4) is 0 Å². The first-order valence-electron chi connectivity index (χ1n) is 15.1. The van der Waals surface area contributed by atoms with Crippen LogP contribution < -0.4 is 20.9 Å². The van der Waals surface area contributed by atoms with Crippen LogP contribution in [-0.2, 0) is 19.8 Å². The van der Waals surface area contributed by atoms with Gasteiger partial charge in [0.25, 0.3) is 5.91 Å². The van der Waals surface area contributed by atoms with E-state index in [9.17, 15) is 35.5 Å². The van der Waals surface area contributed by atoms with E-state index < -0.39 is 35.5 Å². The molecule has 1 saturated heterocycles. The Labute approximate surface area is 287 Å². The molecule has 1 aliphatic rings. The summed E-state index contributed by atoms with van der Waals surface area (Å²) >= 11 is 13.2. The lowest BCUT2D eigenvalue weighted by Gasteiger charge is -2.35. The number of rotatable bonds is 9. The first kappa shape index (κ1) is 36.5. The maximum absolute atomic E-state index is 14.0. The lowest BCUT2D eigenvalue weighted by Crippen LogP contribution is -2.39. The number of anilines is 4. The number of aryl methyl sites for hydroxylation is 1. The van der Waals surface area contributed by atoms with Crippen molar-refractivity contribution in [3.05, 3.63) is 69.3 Å². The van der Waals surface area contributed by atoms with E-state index in [4.69, 9.17) is 23.2 Å². The van der Waals surface area contributed by atoms with Crippen LogP contribution in [0.4, 0.5) is 53.9 Å². The van der Waals surface area contributed by atoms with E-state index in [-0.39, 0.29) is 77.6 Å². The van der Waals surface area contributed by atoms with Gasteiger partial charge in [-0.25, -0.2) is 14.4 Å². The van der Waals surface area contributed by atoms with Crippen LogP contribution in [0.1, 0.15) is 48.3 Å². The minimum Gasteiger partial charge on any atom is -0.371 e. The Hall–Kier alpha value is -3.82. The van der Waals surface area contributed by atoms with Gasteiger partial charge in [-0.1, -0.05) is 35.3 Å². The second-order valence-corrected chi connectivity index (χ2v) is 13.1. The van der Waals surface area contributed by atoms with E-state index in [1.807, 2.05) is 0 Å². The molecule has 0 aliphatic carbocycles. The smallest absolute Gasteiger partial charge is 0.371 e. The lowest BCUT2D eigenvalue weighted by molar-refractivity contribution is -0.179. The Balaban J connectivity index is 1.51. The van der Waals surface area contributed by atoms with Gasteiger partial charge in [0.1, 0.15) is 17.2 Å². The zero-order chi connectivity index (χ0) is 35.9. The number of hydrogen-bond acceptors (Lipinski definition) is 6. The Bertz CT molecular complexity index is 1850. The fourth-order valence-electron chi connectivity index (χ4n) is 5.53. The third-order valence-electron chi connectivity index (χ3n) is 8.09. The van der Waals surface area contributed by atoms with Gasteiger partial charge >= 0.3 is 12.4 Å². The van der Waals surface area contributed by atoms with E-state index in [0.717, 1.165) is 12.1 Å². The molecule has 4 aromatic rings. The molecular formula is C32H32Cl2F7N7O. The molecule has 5 rings (SSSR count). The van der Waals surface area contributed by atoms with Crippen molar-refractivity contribution in [2.45, 2.75) is 51.3 Å². The Morgan fingerprint density at radius 1 is 0.980 bits per heavy atom. The fraction of sp³-hybridized carbons (Fsp3) is 0.406. The molecule has 49 heavy (non-hydrogen) atoms. The van der Waals surface area contributed by atoms with Gasteiger partial charge in [-0.15, -0.1) is 0 Å². The van der Waals surface area contributed by atoms with Crippen molar-refractivity contribution < 1.29 is 35.5 Å². The van der Waals surface area contributed by atoms with Gasteiger partial charge in [0.2, 0.25) is 5.95 Å². The van der Waals surface area contributed by atoms with Gasteiger partial charge in [0.05, 0.1) is 43.9 Å². The van der Waals surface area contributed by atoms with E-state index in [2.05, 4.69) is 25.9 Å². The lowest BCUT2D eigenvalue weighted by atomic mass is 9.95. The van der Waals surface area contributed by atoms with Crippen molar-refractivity contribution in [3.63, 3.8) is 0 Å².